The first-order valence-corrected chi connectivity index (χ1v) is 11.5. The highest BCUT2D eigenvalue weighted by molar-refractivity contribution is 6.46. The Hall–Kier alpha value is -4.24. The molecule has 9 nitrogen and oxygen atoms in total. The number of amides is 1. The van der Waals surface area contributed by atoms with E-state index in [0.29, 0.717) is 33.6 Å². The predicted molar refractivity (Wildman–Crippen MR) is 136 cm³/mol. The summed E-state index contributed by atoms with van der Waals surface area (Å²) in [5.74, 6) is -0.649. The first kappa shape index (κ1) is 25.8. The fourth-order valence-electron chi connectivity index (χ4n) is 4.30. The van der Waals surface area contributed by atoms with Crippen molar-refractivity contribution in [2.75, 3.05) is 28.4 Å². The van der Waals surface area contributed by atoms with Gasteiger partial charge in [-0.05, 0) is 53.6 Å². The molecule has 37 heavy (non-hydrogen) atoms. The highest BCUT2D eigenvalue weighted by atomic mass is 35.5. The quantitative estimate of drug-likeness (QED) is 0.262. The molecular formula is C27H25ClN2O7. The number of methoxy groups -OCH3 is 4. The number of pyridine rings is 1. The Labute approximate surface area is 218 Å². The van der Waals surface area contributed by atoms with E-state index in [0.717, 1.165) is 5.56 Å². The van der Waals surface area contributed by atoms with Gasteiger partial charge < -0.3 is 29.0 Å². The maximum Gasteiger partial charge on any atom is 0.295 e. The van der Waals surface area contributed by atoms with Gasteiger partial charge in [-0.25, -0.2) is 0 Å². The zero-order chi connectivity index (χ0) is 26.7. The third-order valence-electron chi connectivity index (χ3n) is 6.07. The fourth-order valence-corrected chi connectivity index (χ4v) is 4.49. The topological polar surface area (TPSA) is 107 Å². The van der Waals surface area contributed by atoms with Gasteiger partial charge in [0.1, 0.15) is 11.5 Å². The van der Waals surface area contributed by atoms with Crippen molar-refractivity contribution in [2.45, 2.75) is 12.6 Å². The van der Waals surface area contributed by atoms with Crippen molar-refractivity contribution < 1.29 is 33.6 Å². The number of aliphatic hydroxyl groups is 1. The third-order valence-corrected chi connectivity index (χ3v) is 6.38. The number of ketones is 1. The summed E-state index contributed by atoms with van der Waals surface area (Å²) in [5, 5.41) is 11.7. The maximum atomic E-state index is 13.4. The van der Waals surface area contributed by atoms with Gasteiger partial charge in [-0.1, -0.05) is 11.6 Å². The number of Topliss-reactive ketones (excluding diaryl/α,β-unsaturated/α-hetero) is 1. The number of nitrogens with zero attached hydrogens (tertiary/aromatic N) is 2. The number of hydrogen-bond acceptors (Lipinski definition) is 8. The molecule has 10 heteroatoms. The molecule has 0 bridgehead atoms. The molecule has 3 aromatic rings. The highest BCUT2D eigenvalue weighted by Crippen LogP contribution is 2.46. The molecule has 1 aliphatic rings. The summed E-state index contributed by atoms with van der Waals surface area (Å²) in [6.45, 7) is 0.0924. The van der Waals surface area contributed by atoms with Gasteiger partial charge in [-0.2, -0.15) is 0 Å². The van der Waals surface area contributed by atoms with Gasteiger partial charge in [0, 0.05) is 24.5 Å². The molecule has 0 radical (unpaired) electrons. The lowest BCUT2D eigenvalue weighted by molar-refractivity contribution is -0.140. The van der Waals surface area contributed by atoms with E-state index in [9.17, 15) is 14.7 Å². The molecule has 0 aliphatic carbocycles. The average molecular weight is 525 g/mol. The number of benzene rings is 2. The number of halogens is 1. The minimum atomic E-state index is -0.969. The zero-order valence-corrected chi connectivity index (χ0v) is 21.4. The summed E-state index contributed by atoms with van der Waals surface area (Å²) >= 11 is 6.15. The van der Waals surface area contributed by atoms with Crippen molar-refractivity contribution >= 4 is 29.1 Å². The largest absolute Gasteiger partial charge is 0.507 e. The van der Waals surface area contributed by atoms with Crippen LogP contribution in [0.2, 0.25) is 5.02 Å². The lowest BCUT2D eigenvalue weighted by Gasteiger charge is -2.26. The summed E-state index contributed by atoms with van der Waals surface area (Å²) in [6, 6.07) is 10.4. The molecular weight excluding hydrogens is 500 g/mol. The molecule has 1 fully saturated rings. The van der Waals surface area contributed by atoms with E-state index in [1.54, 1.807) is 42.7 Å². The number of aliphatic hydroxyl groups excluding tert-OH is 1. The molecule has 1 atom stereocenters. The van der Waals surface area contributed by atoms with Crippen LogP contribution in [0.5, 0.6) is 23.0 Å². The number of hydrogen-bond donors (Lipinski definition) is 1. The molecule has 0 saturated carbocycles. The zero-order valence-electron chi connectivity index (χ0n) is 20.6. The normalized spacial score (nSPS) is 16.6. The van der Waals surface area contributed by atoms with Crippen molar-refractivity contribution in [3.05, 3.63) is 82.1 Å². The Balaban J connectivity index is 1.96. The molecule has 1 aromatic heterocycles. The molecule has 1 aliphatic heterocycles. The van der Waals surface area contributed by atoms with Crippen molar-refractivity contribution in [3.63, 3.8) is 0 Å². The molecule has 1 N–H and O–H groups in total. The second kappa shape index (κ2) is 10.8. The number of ether oxygens (including phenoxy) is 4. The van der Waals surface area contributed by atoms with Crippen LogP contribution in [0.1, 0.15) is 22.7 Å². The van der Waals surface area contributed by atoms with Crippen molar-refractivity contribution in [3.8, 4) is 23.0 Å². The first-order valence-electron chi connectivity index (χ1n) is 11.2. The van der Waals surface area contributed by atoms with Crippen LogP contribution in [0.15, 0.2) is 60.4 Å². The summed E-state index contributed by atoms with van der Waals surface area (Å²) in [4.78, 5) is 32.1. The van der Waals surface area contributed by atoms with Gasteiger partial charge in [0.25, 0.3) is 11.7 Å². The van der Waals surface area contributed by atoms with Gasteiger partial charge >= 0.3 is 0 Å². The second-order valence-electron chi connectivity index (χ2n) is 8.09. The van der Waals surface area contributed by atoms with Crippen LogP contribution >= 0.6 is 11.6 Å². The van der Waals surface area contributed by atoms with E-state index in [2.05, 4.69) is 4.98 Å². The van der Waals surface area contributed by atoms with Gasteiger partial charge in [0.15, 0.2) is 11.5 Å². The molecule has 1 unspecified atom stereocenters. The number of likely N-dealkylation sites (tertiary alicyclic amines) is 1. The Morgan fingerprint density at radius 2 is 1.54 bits per heavy atom. The Morgan fingerprint density at radius 1 is 0.919 bits per heavy atom. The third kappa shape index (κ3) is 4.77. The van der Waals surface area contributed by atoms with Crippen LogP contribution < -0.4 is 18.9 Å². The number of carbonyl (C=O) groups excluding carboxylic acids is 2. The van der Waals surface area contributed by atoms with E-state index >= 15 is 0 Å². The Morgan fingerprint density at radius 3 is 2.11 bits per heavy atom. The second-order valence-corrected chi connectivity index (χ2v) is 8.50. The van der Waals surface area contributed by atoms with Crippen LogP contribution in [-0.2, 0) is 16.1 Å². The highest BCUT2D eigenvalue weighted by Gasteiger charge is 2.46. The van der Waals surface area contributed by atoms with Crippen molar-refractivity contribution in [2.24, 2.45) is 0 Å². The number of aromatic nitrogens is 1. The van der Waals surface area contributed by atoms with Crippen molar-refractivity contribution in [1.29, 1.82) is 0 Å². The summed E-state index contributed by atoms with van der Waals surface area (Å²) < 4.78 is 21.7. The van der Waals surface area contributed by atoms with Gasteiger partial charge in [0.05, 0.1) is 45.1 Å². The Kier molecular flexibility index (Phi) is 7.54. The monoisotopic (exact) mass is 524 g/mol. The molecule has 192 valence electrons. The van der Waals surface area contributed by atoms with Gasteiger partial charge in [-0.15, -0.1) is 0 Å². The van der Waals surface area contributed by atoms with E-state index in [-0.39, 0.29) is 23.4 Å². The SMILES string of the molecule is COc1cc(/C(O)=C2\C(=O)C(=O)N(Cc3ccncc3)C2c2cc(OC)c(OC)c(OC)c2)ccc1Cl. The van der Waals surface area contributed by atoms with Crippen LogP contribution in [0.25, 0.3) is 5.76 Å². The van der Waals surface area contributed by atoms with E-state index < -0.39 is 17.7 Å². The average Bonchev–Trinajstić information content (AvgIpc) is 3.17. The maximum absolute atomic E-state index is 13.4. The molecule has 1 saturated heterocycles. The van der Waals surface area contributed by atoms with Crippen LogP contribution in [0.3, 0.4) is 0 Å². The molecule has 2 aromatic carbocycles. The van der Waals surface area contributed by atoms with E-state index in [1.165, 1.54) is 45.5 Å². The fraction of sp³-hybridized carbons (Fsp3) is 0.222. The van der Waals surface area contributed by atoms with E-state index in [1.807, 2.05) is 0 Å². The number of carbonyl (C=O) groups is 2. The van der Waals surface area contributed by atoms with Crippen molar-refractivity contribution in [1.82, 2.24) is 9.88 Å². The lowest BCUT2D eigenvalue weighted by atomic mass is 9.94. The first-order chi connectivity index (χ1) is 17.8. The predicted octanol–water partition coefficient (Wildman–Crippen LogP) is 4.39. The summed E-state index contributed by atoms with van der Waals surface area (Å²) in [7, 11) is 5.85. The molecule has 0 spiro atoms. The van der Waals surface area contributed by atoms with E-state index in [4.69, 9.17) is 30.5 Å². The minimum absolute atomic E-state index is 0.0924. The minimum Gasteiger partial charge on any atom is -0.507 e. The summed E-state index contributed by atoms with van der Waals surface area (Å²) in [6.07, 6.45) is 3.20. The molecule has 4 rings (SSSR count). The van der Waals surface area contributed by atoms with Crippen LogP contribution in [-0.4, -0.2) is 55.1 Å². The number of rotatable bonds is 8. The Bertz CT molecular complexity index is 1350. The standard InChI is InChI=1S/C27H25ClN2O7/c1-34-19-11-16(5-6-18(19)28)24(31)22-23(17-12-20(35-2)26(37-4)21(13-17)36-3)30(27(33)25(22)32)14-15-7-9-29-10-8-15/h5-13,23,31H,14H2,1-4H3/b24-22+. The molecule has 1 amide bonds. The van der Waals surface area contributed by atoms with Gasteiger partial charge in [0.2, 0.25) is 5.75 Å². The molecule has 2 heterocycles. The van der Waals surface area contributed by atoms with Gasteiger partial charge in [-0.3, -0.25) is 14.6 Å². The summed E-state index contributed by atoms with van der Waals surface area (Å²) in [5.41, 5.74) is 1.39. The van der Waals surface area contributed by atoms with Crippen LogP contribution in [0.4, 0.5) is 0 Å². The lowest BCUT2D eigenvalue weighted by Crippen LogP contribution is -2.29. The smallest absolute Gasteiger partial charge is 0.295 e. The van der Waals surface area contributed by atoms with Crippen LogP contribution in [0, 0.1) is 0 Å².